The molecule has 5 rings (SSSR count). The molecule has 0 radical (unpaired) electrons. The van der Waals surface area contributed by atoms with Crippen LogP contribution in [0.25, 0.3) is 11.1 Å². The first-order valence-electron chi connectivity index (χ1n) is 11.7. The van der Waals surface area contributed by atoms with Crippen molar-refractivity contribution < 1.29 is 0 Å². The summed E-state index contributed by atoms with van der Waals surface area (Å²) >= 11 is 5.90. The third kappa shape index (κ3) is 3.50. The zero-order valence-electron chi connectivity index (χ0n) is 18.4. The summed E-state index contributed by atoms with van der Waals surface area (Å²) in [6.45, 7) is 4.00. The highest BCUT2D eigenvalue weighted by atomic mass is 35.5. The maximum absolute atomic E-state index is 5.90. The fourth-order valence-corrected chi connectivity index (χ4v) is 5.54. The van der Waals surface area contributed by atoms with E-state index in [0.29, 0.717) is 0 Å². The molecule has 30 heavy (non-hydrogen) atoms. The SMILES string of the molecule is CC.ClCCCCCCC1(c2ccc3c(c2)CC3)c2ccccc2-c2ccccc21. The highest BCUT2D eigenvalue weighted by Crippen LogP contribution is 2.55. The monoisotopic (exact) mass is 416 g/mol. The van der Waals surface area contributed by atoms with Crippen LogP contribution >= 0.6 is 11.6 Å². The summed E-state index contributed by atoms with van der Waals surface area (Å²) in [6.07, 6.45) is 8.49. The quantitative estimate of drug-likeness (QED) is 0.268. The Hall–Kier alpha value is -2.05. The van der Waals surface area contributed by atoms with Crippen LogP contribution in [0.1, 0.15) is 73.8 Å². The van der Waals surface area contributed by atoms with Gasteiger partial charge in [-0.3, -0.25) is 0 Å². The van der Waals surface area contributed by atoms with Crippen LogP contribution in [0.4, 0.5) is 0 Å². The molecule has 0 atom stereocenters. The lowest BCUT2D eigenvalue weighted by Gasteiger charge is -2.35. The Morgan fingerprint density at radius 2 is 1.30 bits per heavy atom. The van der Waals surface area contributed by atoms with Crippen LogP contribution in [-0.2, 0) is 18.3 Å². The molecule has 0 spiro atoms. The topological polar surface area (TPSA) is 0 Å². The number of aryl methyl sites for hydroxylation is 2. The Bertz CT molecular complexity index is 955. The van der Waals surface area contributed by atoms with E-state index in [9.17, 15) is 0 Å². The van der Waals surface area contributed by atoms with E-state index < -0.39 is 0 Å². The molecular weight excluding hydrogens is 384 g/mol. The van der Waals surface area contributed by atoms with Gasteiger partial charge >= 0.3 is 0 Å². The molecule has 3 aromatic carbocycles. The second-order valence-corrected chi connectivity index (χ2v) is 8.71. The van der Waals surface area contributed by atoms with Crippen molar-refractivity contribution in [1.29, 1.82) is 0 Å². The summed E-state index contributed by atoms with van der Waals surface area (Å²) in [5.41, 5.74) is 10.4. The van der Waals surface area contributed by atoms with Gasteiger partial charge in [-0.25, -0.2) is 0 Å². The van der Waals surface area contributed by atoms with Crippen LogP contribution in [0, 0.1) is 0 Å². The molecule has 2 aliphatic rings. The van der Waals surface area contributed by atoms with Crippen molar-refractivity contribution in [3.05, 3.63) is 94.5 Å². The number of alkyl halides is 1. The van der Waals surface area contributed by atoms with Crippen LogP contribution < -0.4 is 0 Å². The van der Waals surface area contributed by atoms with Gasteiger partial charge in [0, 0.05) is 11.3 Å². The van der Waals surface area contributed by atoms with E-state index in [-0.39, 0.29) is 5.41 Å². The van der Waals surface area contributed by atoms with Crippen molar-refractivity contribution in [2.75, 3.05) is 5.88 Å². The van der Waals surface area contributed by atoms with E-state index in [1.165, 1.54) is 66.3 Å². The molecule has 0 saturated heterocycles. The molecule has 0 fully saturated rings. The maximum atomic E-state index is 5.90. The van der Waals surface area contributed by atoms with Crippen molar-refractivity contribution in [2.45, 2.75) is 64.2 Å². The number of hydrogen-bond acceptors (Lipinski definition) is 0. The average Bonchev–Trinajstić information content (AvgIpc) is 3.07. The summed E-state index contributed by atoms with van der Waals surface area (Å²) in [7, 11) is 0. The fraction of sp³-hybridized carbons (Fsp3) is 0.379. The smallest absolute Gasteiger partial charge is 0.0463 e. The van der Waals surface area contributed by atoms with E-state index in [0.717, 1.165) is 12.3 Å². The van der Waals surface area contributed by atoms with E-state index in [1.807, 2.05) is 13.8 Å². The third-order valence-electron chi connectivity index (χ3n) is 6.86. The third-order valence-corrected chi connectivity index (χ3v) is 7.13. The van der Waals surface area contributed by atoms with Crippen molar-refractivity contribution in [3.8, 4) is 11.1 Å². The van der Waals surface area contributed by atoms with E-state index in [4.69, 9.17) is 11.6 Å². The average molecular weight is 417 g/mol. The number of benzene rings is 3. The van der Waals surface area contributed by atoms with Gasteiger partial charge in [0.15, 0.2) is 0 Å². The molecule has 0 N–H and O–H groups in total. The first kappa shape index (κ1) is 21.2. The number of halogens is 1. The zero-order chi connectivity index (χ0) is 21.0. The normalized spacial score (nSPS) is 14.6. The van der Waals surface area contributed by atoms with Crippen molar-refractivity contribution in [3.63, 3.8) is 0 Å². The van der Waals surface area contributed by atoms with Gasteiger partial charge in [0.2, 0.25) is 0 Å². The number of fused-ring (bicyclic) bond motifs is 4. The van der Waals surface area contributed by atoms with Gasteiger partial charge in [0.05, 0.1) is 0 Å². The van der Waals surface area contributed by atoms with Crippen LogP contribution in [0.15, 0.2) is 66.7 Å². The number of unbranched alkanes of at least 4 members (excludes halogenated alkanes) is 3. The molecule has 0 unspecified atom stereocenters. The molecule has 0 heterocycles. The Kier molecular flexibility index (Phi) is 6.64. The summed E-state index contributed by atoms with van der Waals surface area (Å²) in [5.74, 6) is 0.779. The summed E-state index contributed by atoms with van der Waals surface area (Å²) in [5, 5.41) is 0. The standard InChI is InChI=1S/C27H27Cl.C2H6/c28-18-8-2-1-7-17-27(22-16-15-20-13-14-21(20)19-22)25-11-5-3-9-23(25)24-10-4-6-12-26(24)27;1-2/h3-6,9-12,15-16,19H,1-2,7-8,13-14,17-18H2;1-2H3. The number of rotatable bonds is 7. The minimum atomic E-state index is -0.0151. The molecule has 0 saturated carbocycles. The van der Waals surface area contributed by atoms with E-state index >= 15 is 0 Å². The predicted molar refractivity (Wildman–Crippen MR) is 131 cm³/mol. The van der Waals surface area contributed by atoms with Gasteiger partial charge in [-0.1, -0.05) is 99.8 Å². The van der Waals surface area contributed by atoms with Crippen LogP contribution in [0.3, 0.4) is 0 Å². The first-order valence-corrected chi connectivity index (χ1v) is 12.3. The molecule has 156 valence electrons. The Labute approximate surface area is 187 Å². The Balaban J connectivity index is 0.00000106. The van der Waals surface area contributed by atoms with Gasteiger partial charge in [-0.05, 0) is 64.6 Å². The van der Waals surface area contributed by atoms with Crippen LogP contribution in [-0.4, -0.2) is 5.88 Å². The summed E-state index contributed by atoms with van der Waals surface area (Å²) in [6, 6.07) is 25.5. The minimum Gasteiger partial charge on any atom is -0.127 e. The van der Waals surface area contributed by atoms with Crippen LogP contribution in [0.5, 0.6) is 0 Å². The fourth-order valence-electron chi connectivity index (χ4n) is 5.35. The molecule has 0 aliphatic heterocycles. The summed E-state index contributed by atoms with van der Waals surface area (Å²) in [4.78, 5) is 0. The zero-order valence-corrected chi connectivity index (χ0v) is 19.1. The lowest BCUT2D eigenvalue weighted by molar-refractivity contribution is 0.515. The van der Waals surface area contributed by atoms with Crippen molar-refractivity contribution in [1.82, 2.24) is 0 Å². The molecule has 0 aromatic heterocycles. The maximum Gasteiger partial charge on any atom is 0.0463 e. The van der Waals surface area contributed by atoms with Gasteiger partial charge in [0.1, 0.15) is 0 Å². The molecule has 0 amide bonds. The molecule has 1 heteroatoms. The van der Waals surface area contributed by atoms with Crippen molar-refractivity contribution >= 4 is 11.6 Å². The molecular formula is C29H33Cl. The molecule has 0 nitrogen and oxygen atoms in total. The van der Waals surface area contributed by atoms with Crippen LogP contribution in [0.2, 0.25) is 0 Å². The van der Waals surface area contributed by atoms with Gasteiger partial charge in [0.25, 0.3) is 0 Å². The largest absolute Gasteiger partial charge is 0.127 e. The highest BCUT2D eigenvalue weighted by molar-refractivity contribution is 6.17. The molecule has 2 aliphatic carbocycles. The first-order chi connectivity index (χ1) is 14.8. The van der Waals surface area contributed by atoms with E-state index in [2.05, 4.69) is 66.7 Å². The van der Waals surface area contributed by atoms with Crippen molar-refractivity contribution in [2.24, 2.45) is 0 Å². The highest BCUT2D eigenvalue weighted by Gasteiger charge is 2.44. The Morgan fingerprint density at radius 3 is 1.87 bits per heavy atom. The number of hydrogen-bond donors (Lipinski definition) is 0. The van der Waals surface area contributed by atoms with Gasteiger partial charge in [-0.2, -0.15) is 0 Å². The molecule has 0 bridgehead atoms. The second kappa shape index (κ2) is 9.40. The molecule has 3 aromatic rings. The Morgan fingerprint density at radius 1 is 0.700 bits per heavy atom. The predicted octanol–water partition coefficient (Wildman–Crippen LogP) is 8.32. The lowest BCUT2D eigenvalue weighted by atomic mass is 9.68. The van der Waals surface area contributed by atoms with E-state index in [1.54, 1.807) is 11.1 Å². The lowest BCUT2D eigenvalue weighted by Crippen LogP contribution is -2.28. The summed E-state index contributed by atoms with van der Waals surface area (Å²) < 4.78 is 0. The van der Waals surface area contributed by atoms with Gasteiger partial charge < -0.3 is 0 Å². The van der Waals surface area contributed by atoms with Gasteiger partial charge in [-0.15, -0.1) is 11.6 Å². The second-order valence-electron chi connectivity index (χ2n) is 8.33. The minimum absolute atomic E-state index is 0.0151.